The minimum Gasteiger partial charge on any atom is -0.494 e. The number of amides is 1. The molecular weight excluding hydrogens is 395 g/mol. The number of ether oxygens (including phenoxy) is 1. The number of methoxy groups -OCH3 is 1. The number of hydrogen-bond donors (Lipinski definition) is 0. The molecule has 0 bridgehead atoms. The van der Waals surface area contributed by atoms with Gasteiger partial charge in [-0.3, -0.25) is 4.79 Å². The summed E-state index contributed by atoms with van der Waals surface area (Å²) in [6.45, 7) is 4.79. The van der Waals surface area contributed by atoms with Gasteiger partial charge in [0.25, 0.3) is 0 Å². The standard InChI is InChI=1S/C21H25FN2O4S/c1-15-4-7-20(16(2)12-15)29(26,27)24-10-8-23(9-11-24)21(25)14-17-5-6-19(28-3)18(22)13-17/h4-7,12-13H,8-11,14H2,1-3H3. The minimum absolute atomic E-state index is 0.0603. The molecule has 8 heteroatoms. The highest BCUT2D eigenvalue weighted by atomic mass is 32.2. The summed E-state index contributed by atoms with van der Waals surface area (Å²) in [6.07, 6.45) is 0.0603. The molecule has 1 amide bonds. The number of piperazine rings is 1. The van der Waals surface area contributed by atoms with E-state index in [2.05, 4.69) is 0 Å². The van der Waals surface area contributed by atoms with Gasteiger partial charge in [0.05, 0.1) is 18.4 Å². The highest BCUT2D eigenvalue weighted by Gasteiger charge is 2.31. The van der Waals surface area contributed by atoms with Crippen LogP contribution in [0.2, 0.25) is 0 Å². The topological polar surface area (TPSA) is 66.9 Å². The fraction of sp³-hybridized carbons (Fsp3) is 0.381. The number of sulfonamides is 1. The molecule has 1 heterocycles. The van der Waals surface area contributed by atoms with Gasteiger partial charge in [0.15, 0.2) is 11.6 Å². The number of benzene rings is 2. The summed E-state index contributed by atoms with van der Waals surface area (Å²) >= 11 is 0. The van der Waals surface area contributed by atoms with Crippen molar-refractivity contribution in [2.45, 2.75) is 25.2 Å². The highest BCUT2D eigenvalue weighted by Crippen LogP contribution is 2.23. The van der Waals surface area contributed by atoms with E-state index >= 15 is 0 Å². The Bertz CT molecular complexity index is 1020. The van der Waals surface area contributed by atoms with Crippen molar-refractivity contribution in [1.82, 2.24) is 9.21 Å². The van der Waals surface area contributed by atoms with Crippen LogP contribution in [0.3, 0.4) is 0 Å². The molecule has 0 aromatic heterocycles. The molecule has 156 valence electrons. The van der Waals surface area contributed by atoms with Gasteiger partial charge in [-0.25, -0.2) is 12.8 Å². The molecule has 0 saturated carbocycles. The van der Waals surface area contributed by atoms with E-state index in [9.17, 15) is 17.6 Å². The molecule has 29 heavy (non-hydrogen) atoms. The Kier molecular flexibility index (Phi) is 6.24. The molecule has 1 aliphatic rings. The minimum atomic E-state index is -3.60. The average Bonchev–Trinajstić information content (AvgIpc) is 2.68. The Morgan fingerprint density at radius 2 is 1.76 bits per heavy atom. The molecule has 2 aromatic carbocycles. The predicted molar refractivity (Wildman–Crippen MR) is 108 cm³/mol. The Labute approximate surface area is 170 Å². The van der Waals surface area contributed by atoms with E-state index in [1.165, 1.54) is 23.5 Å². The first-order valence-electron chi connectivity index (χ1n) is 9.40. The number of nitrogens with zero attached hydrogens (tertiary/aromatic N) is 2. The maximum Gasteiger partial charge on any atom is 0.243 e. The van der Waals surface area contributed by atoms with Crippen LogP contribution in [0.1, 0.15) is 16.7 Å². The second-order valence-corrected chi connectivity index (χ2v) is 9.11. The highest BCUT2D eigenvalue weighted by molar-refractivity contribution is 7.89. The molecule has 0 unspecified atom stereocenters. The first kappa shape index (κ1) is 21.3. The third-order valence-corrected chi connectivity index (χ3v) is 7.17. The largest absolute Gasteiger partial charge is 0.494 e. The third-order valence-electron chi connectivity index (χ3n) is 5.11. The molecule has 0 radical (unpaired) electrons. The van der Waals surface area contributed by atoms with Crippen molar-refractivity contribution in [3.63, 3.8) is 0 Å². The fourth-order valence-corrected chi connectivity index (χ4v) is 5.14. The lowest BCUT2D eigenvalue weighted by Crippen LogP contribution is -2.50. The van der Waals surface area contributed by atoms with Crippen molar-refractivity contribution < 1.29 is 22.3 Å². The zero-order valence-corrected chi connectivity index (χ0v) is 17.6. The smallest absolute Gasteiger partial charge is 0.243 e. The molecule has 1 aliphatic heterocycles. The second-order valence-electron chi connectivity index (χ2n) is 7.20. The molecule has 6 nitrogen and oxygen atoms in total. The Morgan fingerprint density at radius 3 is 2.34 bits per heavy atom. The molecule has 0 aliphatic carbocycles. The first-order chi connectivity index (χ1) is 13.7. The number of carbonyl (C=O) groups excluding carboxylic acids is 1. The van der Waals surface area contributed by atoms with Crippen molar-refractivity contribution in [2.24, 2.45) is 0 Å². The summed E-state index contributed by atoms with van der Waals surface area (Å²) in [4.78, 5) is 14.5. The van der Waals surface area contributed by atoms with Crippen molar-refractivity contribution in [1.29, 1.82) is 0 Å². The van der Waals surface area contributed by atoms with E-state index in [-0.39, 0.29) is 31.2 Å². The molecule has 1 saturated heterocycles. The summed E-state index contributed by atoms with van der Waals surface area (Å²) in [5, 5.41) is 0. The van der Waals surface area contributed by atoms with E-state index in [0.717, 1.165) is 5.56 Å². The summed E-state index contributed by atoms with van der Waals surface area (Å²) < 4.78 is 46.0. The van der Waals surface area contributed by atoms with Gasteiger partial charge in [0, 0.05) is 26.2 Å². The second kappa shape index (κ2) is 8.51. The third kappa shape index (κ3) is 4.59. The average molecular weight is 421 g/mol. The van der Waals surface area contributed by atoms with E-state index in [1.54, 1.807) is 30.0 Å². The molecular formula is C21H25FN2O4S. The van der Waals surface area contributed by atoms with Gasteiger partial charge in [-0.15, -0.1) is 0 Å². The van der Waals surface area contributed by atoms with Gasteiger partial charge in [0.1, 0.15) is 0 Å². The molecule has 2 aromatic rings. The number of carbonyl (C=O) groups is 1. The SMILES string of the molecule is COc1ccc(CC(=O)N2CCN(S(=O)(=O)c3ccc(C)cc3C)CC2)cc1F. The van der Waals surface area contributed by atoms with Crippen molar-refractivity contribution >= 4 is 15.9 Å². The van der Waals surface area contributed by atoms with Gasteiger partial charge in [0.2, 0.25) is 15.9 Å². The van der Waals surface area contributed by atoms with Crippen LogP contribution in [0.25, 0.3) is 0 Å². The van der Waals surface area contributed by atoms with E-state index in [0.29, 0.717) is 29.1 Å². The molecule has 0 N–H and O–H groups in total. The quantitative estimate of drug-likeness (QED) is 0.746. The first-order valence-corrected chi connectivity index (χ1v) is 10.8. The molecule has 0 atom stereocenters. The summed E-state index contributed by atoms with van der Waals surface area (Å²) in [7, 11) is -2.22. The zero-order valence-electron chi connectivity index (χ0n) is 16.8. The zero-order chi connectivity index (χ0) is 21.2. The van der Waals surface area contributed by atoms with E-state index in [4.69, 9.17) is 4.74 Å². The number of rotatable bonds is 5. The maximum atomic E-state index is 13.8. The Hall–Kier alpha value is -2.45. The molecule has 0 spiro atoms. The number of halogens is 1. The maximum absolute atomic E-state index is 13.8. The van der Waals surface area contributed by atoms with Crippen LogP contribution in [-0.2, 0) is 21.2 Å². The van der Waals surface area contributed by atoms with Crippen LogP contribution < -0.4 is 4.74 Å². The lowest BCUT2D eigenvalue weighted by Gasteiger charge is -2.34. The summed E-state index contributed by atoms with van der Waals surface area (Å²) in [5.74, 6) is -0.535. The Balaban J connectivity index is 1.64. The van der Waals surface area contributed by atoms with E-state index < -0.39 is 15.8 Å². The van der Waals surface area contributed by atoms with Crippen LogP contribution in [0.15, 0.2) is 41.3 Å². The summed E-state index contributed by atoms with van der Waals surface area (Å²) in [5.41, 5.74) is 2.27. The number of hydrogen-bond acceptors (Lipinski definition) is 4. The van der Waals surface area contributed by atoms with Gasteiger partial charge < -0.3 is 9.64 Å². The van der Waals surface area contributed by atoms with Gasteiger partial charge in [-0.2, -0.15) is 4.31 Å². The van der Waals surface area contributed by atoms with Crippen molar-refractivity contribution in [2.75, 3.05) is 33.3 Å². The van der Waals surface area contributed by atoms with Gasteiger partial charge in [-0.1, -0.05) is 23.8 Å². The summed E-state index contributed by atoms with van der Waals surface area (Å²) in [6, 6.07) is 9.70. The van der Waals surface area contributed by atoms with E-state index in [1.807, 2.05) is 13.0 Å². The lowest BCUT2D eigenvalue weighted by molar-refractivity contribution is -0.131. The van der Waals surface area contributed by atoms with Crippen LogP contribution >= 0.6 is 0 Å². The van der Waals surface area contributed by atoms with Crippen LogP contribution in [-0.4, -0.2) is 56.8 Å². The monoisotopic (exact) mass is 420 g/mol. The van der Waals surface area contributed by atoms with Crippen molar-refractivity contribution in [3.05, 3.63) is 58.9 Å². The Morgan fingerprint density at radius 1 is 1.07 bits per heavy atom. The molecule has 1 fully saturated rings. The van der Waals surface area contributed by atoms with Crippen molar-refractivity contribution in [3.8, 4) is 5.75 Å². The number of aryl methyl sites for hydroxylation is 2. The predicted octanol–water partition coefficient (Wildman–Crippen LogP) is 2.53. The van der Waals surface area contributed by atoms with Crippen LogP contribution in [0.4, 0.5) is 4.39 Å². The lowest BCUT2D eigenvalue weighted by atomic mass is 10.1. The normalized spacial score (nSPS) is 15.4. The fourth-order valence-electron chi connectivity index (χ4n) is 3.51. The van der Waals surface area contributed by atoms with Gasteiger partial charge in [-0.05, 0) is 43.2 Å². The van der Waals surface area contributed by atoms with Crippen LogP contribution in [0, 0.1) is 19.7 Å². The van der Waals surface area contributed by atoms with Gasteiger partial charge >= 0.3 is 0 Å². The molecule has 3 rings (SSSR count). The van der Waals surface area contributed by atoms with Crippen LogP contribution in [0.5, 0.6) is 5.75 Å².